The highest BCUT2D eigenvalue weighted by molar-refractivity contribution is 6.04. The third-order valence-electron chi connectivity index (χ3n) is 7.46. The van der Waals surface area contributed by atoms with Crippen molar-refractivity contribution in [1.82, 2.24) is 24.3 Å². The predicted molar refractivity (Wildman–Crippen MR) is 146 cm³/mol. The number of carbonyl (C=O) groups excluding carboxylic acids is 2. The number of imidazole rings is 1. The minimum absolute atomic E-state index is 0.0353. The van der Waals surface area contributed by atoms with E-state index >= 15 is 0 Å². The van der Waals surface area contributed by atoms with E-state index in [0.29, 0.717) is 44.1 Å². The van der Waals surface area contributed by atoms with Crippen molar-refractivity contribution in [3.63, 3.8) is 0 Å². The van der Waals surface area contributed by atoms with Crippen molar-refractivity contribution in [3.8, 4) is 0 Å². The Labute approximate surface area is 222 Å². The summed E-state index contributed by atoms with van der Waals surface area (Å²) in [5, 5.41) is 3.03. The molecule has 0 radical (unpaired) electrons. The average Bonchev–Trinajstić information content (AvgIpc) is 3.38. The van der Waals surface area contributed by atoms with Gasteiger partial charge >= 0.3 is 0 Å². The van der Waals surface area contributed by atoms with Crippen molar-refractivity contribution in [1.29, 1.82) is 0 Å². The quantitative estimate of drug-likeness (QED) is 0.488. The van der Waals surface area contributed by atoms with Crippen molar-refractivity contribution in [2.75, 3.05) is 38.0 Å². The second-order valence-electron chi connectivity index (χ2n) is 10.4. The lowest BCUT2D eigenvalue weighted by Crippen LogP contribution is -2.35. The lowest BCUT2D eigenvalue weighted by Gasteiger charge is -2.26. The monoisotopic (exact) mass is 518 g/mol. The Hall–Kier alpha value is -3.59. The van der Waals surface area contributed by atoms with Crippen molar-refractivity contribution >= 4 is 28.8 Å². The first-order valence-electron chi connectivity index (χ1n) is 13.4. The van der Waals surface area contributed by atoms with Gasteiger partial charge in [-0.15, -0.1) is 0 Å². The Kier molecular flexibility index (Phi) is 7.83. The Morgan fingerprint density at radius 3 is 2.79 bits per heavy atom. The summed E-state index contributed by atoms with van der Waals surface area (Å²) in [5.74, 6) is 0.205. The fraction of sp³-hybridized carbons (Fsp3) is 0.448. The number of nitrogens with one attached hydrogen (secondary N) is 1. The zero-order chi connectivity index (χ0) is 26.6. The number of benzene rings is 1. The van der Waals surface area contributed by atoms with Gasteiger partial charge in [0.25, 0.3) is 5.91 Å². The summed E-state index contributed by atoms with van der Waals surface area (Å²) in [6, 6.07) is 9.36. The van der Waals surface area contributed by atoms with Gasteiger partial charge in [0.2, 0.25) is 11.9 Å². The Balaban J connectivity index is 1.39. The molecule has 8 nitrogen and oxygen atoms in total. The molecular formula is C29H35FN6O2. The van der Waals surface area contributed by atoms with Crippen LogP contribution < -0.4 is 5.32 Å². The van der Waals surface area contributed by atoms with Crippen molar-refractivity contribution in [2.45, 2.75) is 51.7 Å². The molecule has 0 saturated carbocycles. The van der Waals surface area contributed by atoms with Gasteiger partial charge in [-0.25, -0.2) is 9.37 Å². The number of carbonyl (C=O) groups is 2. The van der Waals surface area contributed by atoms with Gasteiger partial charge in [0, 0.05) is 56.3 Å². The second kappa shape index (κ2) is 11.4. The first-order chi connectivity index (χ1) is 18.4. The van der Waals surface area contributed by atoms with Gasteiger partial charge in [-0.2, -0.15) is 0 Å². The molecule has 1 aromatic carbocycles. The van der Waals surface area contributed by atoms with Crippen LogP contribution in [0.1, 0.15) is 53.3 Å². The molecule has 5 rings (SSSR count). The van der Waals surface area contributed by atoms with E-state index in [1.54, 1.807) is 24.4 Å². The maximum atomic E-state index is 13.5. The van der Waals surface area contributed by atoms with Crippen LogP contribution in [0.3, 0.4) is 0 Å². The van der Waals surface area contributed by atoms with Gasteiger partial charge in [-0.1, -0.05) is 18.2 Å². The van der Waals surface area contributed by atoms with Crippen LogP contribution in [-0.4, -0.2) is 75.0 Å². The predicted octanol–water partition coefficient (Wildman–Crippen LogP) is 4.45. The minimum Gasteiger partial charge on any atom is -0.337 e. The molecule has 2 atom stereocenters. The number of fused-ring (bicyclic) bond motifs is 1. The number of hydrogen-bond acceptors (Lipinski definition) is 5. The molecule has 2 aliphatic rings. The Morgan fingerprint density at radius 1 is 1.13 bits per heavy atom. The van der Waals surface area contributed by atoms with Gasteiger partial charge in [-0.05, 0) is 63.3 Å². The molecule has 0 aliphatic carbocycles. The zero-order valence-electron chi connectivity index (χ0n) is 22.1. The number of pyridine rings is 1. The summed E-state index contributed by atoms with van der Waals surface area (Å²) in [6.07, 6.45) is 7.64. The van der Waals surface area contributed by atoms with Crippen LogP contribution in [0.15, 0.2) is 48.7 Å². The molecule has 2 amide bonds. The number of halogens is 1. The third-order valence-corrected chi connectivity index (χ3v) is 7.46. The van der Waals surface area contributed by atoms with Crippen LogP contribution in [0.4, 0.5) is 10.3 Å². The van der Waals surface area contributed by atoms with Crippen LogP contribution in [-0.2, 0) is 4.79 Å². The van der Waals surface area contributed by atoms with E-state index in [0.717, 1.165) is 48.1 Å². The summed E-state index contributed by atoms with van der Waals surface area (Å²) < 4.78 is 15.6. The first kappa shape index (κ1) is 26.0. The molecule has 4 heterocycles. The summed E-state index contributed by atoms with van der Waals surface area (Å²) >= 11 is 0. The second-order valence-corrected chi connectivity index (χ2v) is 10.4. The number of rotatable bonds is 6. The highest BCUT2D eigenvalue weighted by Crippen LogP contribution is 2.32. The molecule has 200 valence electrons. The lowest BCUT2D eigenvalue weighted by atomic mass is 10.1. The van der Waals surface area contributed by atoms with E-state index in [2.05, 4.69) is 14.9 Å². The number of aryl methyl sites for hydroxylation is 2. The van der Waals surface area contributed by atoms with E-state index in [1.807, 2.05) is 47.9 Å². The molecule has 3 aromatic rings. The van der Waals surface area contributed by atoms with E-state index in [-0.39, 0.29) is 17.9 Å². The fourth-order valence-corrected chi connectivity index (χ4v) is 5.51. The number of aromatic nitrogens is 3. The smallest absolute Gasteiger partial charge is 0.258 e. The summed E-state index contributed by atoms with van der Waals surface area (Å²) in [4.78, 5) is 39.2. The topological polar surface area (TPSA) is 83.4 Å². The number of hydrogen-bond donors (Lipinski definition) is 1. The van der Waals surface area contributed by atoms with E-state index < -0.39 is 6.17 Å². The SMILES string of the molecule is Cc1cc(C(=O)Nc2nc3cccc(C)c3n2[C@@H]2CCCCN(C(=O)C=CCN3CC[C@@H](F)C3)C2)ccn1. The first-order valence-corrected chi connectivity index (χ1v) is 13.4. The largest absolute Gasteiger partial charge is 0.337 e. The molecule has 0 bridgehead atoms. The summed E-state index contributed by atoms with van der Waals surface area (Å²) in [6.45, 7) is 6.84. The Bertz CT molecular complexity index is 1350. The molecule has 0 spiro atoms. The van der Waals surface area contributed by atoms with Crippen LogP contribution in [0, 0.1) is 13.8 Å². The maximum absolute atomic E-state index is 13.5. The zero-order valence-corrected chi connectivity index (χ0v) is 22.1. The highest BCUT2D eigenvalue weighted by Gasteiger charge is 2.27. The Morgan fingerprint density at radius 2 is 2.00 bits per heavy atom. The van der Waals surface area contributed by atoms with Gasteiger partial charge in [-0.3, -0.25) is 24.8 Å². The molecule has 0 unspecified atom stereocenters. The normalized spacial score (nSPS) is 20.8. The maximum Gasteiger partial charge on any atom is 0.258 e. The molecule has 1 N–H and O–H groups in total. The van der Waals surface area contributed by atoms with E-state index in [4.69, 9.17) is 4.98 Å². The number of alkyl halides is 1. The van der Waals surface area contributed by atoms with Gasteiger partial charge < -0.3 is 9.47 Å². The number of nitrogens with zero attached hydrogens (tertiary/aromatic N) is 5. The van der Waals surface area contributed by atoms with Gasteiger partial charge in [0.1, 0.15) is 6.17 Å². The van der Waals surface area contributed by atoms with Crippen molar-refractivity contribution in [2.24, 2.45) is 0 Å². The molecule has 2 aromatic heterocycles. The van der Waals surface area contributed by atoms with Gasteiger partial charge in [0.15, 0.2) is 0 Å². The number of likely N-dealkylation sites (tertiary alicyclic amines) is 2. The third kappa shape index (κ3) is 5.78. The molecule has 38 heavy (non-hydrogen) atoms. The van der Waals surface area contributed by atoms with Gasteiger partial charge in [0.05, 0.1) is 17.1 Å². The van der Waals surface area contributed by atoms with E-state index in [1.165, 1.54) is 0 Å². The van der Waals surface area contributed by atoms with Crippen LogP contribution >= 0.6 is 0 Å². The summed E-state index contributed by atoms with van der Waals surface area (Å²) in [5.41, 5.74) is 4.13. The van der Waals surface area contributed by atoms with Crippen molar-refractivity contribution in [3.05, 3.63) is 65.5 Å². The number of anilines is 1. The fourth-order valence-electron chi connectivity index (χ4n) is 5.51. The van der Waals surface area contributed by atoms with Crippen LogP contribution in [0.5, 0.6) is 0 Å². The van der Waals surface area contributed by atoms with Crippen LogP contribution in [0.2, 0.25) is 0 Å². The molecule has 2 fully saturated rings. The molecule has 2 aliphatic heterocycles. The number of amides is 2. The van der Waals surface area contributed by atoms with E-state index in [9.17, 15) is 14.0 Å². The lowest BCUT2D eigenvalue weighted by molar-refractivity contribution is -0.126. The molecule has 2 saturated heterocycles. The highest BCUT2D eigenvalue weighted by atomic mass is 19.1. The average molecular weight is 519 g/mol. The summed E-state index contributed by atoms with van der Waals surface area (Å²) in [7, 11) is 0. The number of para-hydroxylation sites is 1. The minimum atomic E-state index is -0.767. The molecule has 9 heteroatoms. The molecular weight excluding hydrogens is 483 g/mol. The van der Waals surface area contributed by atoms with Crippen molar-refractivity contribution < 1.29 is 14.0 Å². The van der Waals surface area contributed by atoms with Crippen LogP contribution in [0.25, 0.3) is 11.0 Å². The standard InChI is InChI=1S/C29H35FN6O2/c1-20-7-5-9-25-27(20)36(29(32-25)33-28(38)22-11-13-31-21(2)17-22)24-8-3-4-15-35(19-24)26(37)10-6-14-34-16-12-23(30)18-34/h5-7,9-11,13,17,23-24H,3-4,8,12,14-16,18-19H2,1-2H3,(H,32,33,38)/t23-,24-/m1/s1.